The first-order chi connectivity index (χ1) is 8.29. The van der Waals surface area contributed by atoms with Crippen molar-refractivity contribution in [3.8, 4) is 0 Å². The number of hydrogen-bond acceptors (Lipinski definition) is 4. The summed E-state index contributed by atoms with van der Waals surface area (Å²) in [6.07, 6.45) is 2.85. The van der Waals surface area contributed by atoms with E-state index in [1.165, 1.54) is 11.1 Å². The Bertz CT molecular complexity index is 479. The number of nitrogens with zero attached hydrogens (tertiary/aromatic N) is 1. The summed E-state index contributed by atoms with van der Waals surface area (Å²) in [6, 6.07) is 8.47. The summed E-state index contributed by atoms with van der Waals surface area (Å²) in [4.78, 5) is 5.38. The molecule has 4 heteroatoms. The Hall–Kier alpha value is -1.39. The number of rotatable bonds is 5. The van der Waals surface area contributed by atoms with Crippen LogP contribution in [0.2, 0.25) is 0 Å². The van der Waals surface area contributed by atoms with Crippen molar-refractivity contribution < 1.29 is 0 Å². The molecule has 0 amide bonds. The molecule has 0 saturated heterocycles. The minimum absolute atomic E-state index is 0.567. The van der Waals surface area contributed by atoms with Crippen LogP contribution in [0.3, 0.4) is 0 Å². The highest BCUT2D eigenvalue weighted by molar-refractivity contribution is 7.15. The lowest BCUT2D eigenvalue weighted by Gasteiger charge is -2.05. The molecule has 17 heavy (non-hydrogen) atoms. The fraction of sp³-hybridized carbons (Fsp3) is 0.308. The average molecular weight is 247 g/mol. The van der Waals surface area contributed by atoms with E-state index in [9.17, 15) is 0 Å². The van der Waals surface area contributed by atoms with Gasteiger partial charge in [-0.1, -0.05) is 24.3 Å². The third-order valence-electron chi connectivity index (χ3n) is 2.69. The fourth-order valence-corrected chi connectivity index (χ4v) is 2.40. The zero-order valence-electron chi connectivity index (χ0n) is 9.94. The largest absolute Gasteiger partial charge is 0.361 e. The average Bonchev–Trinajstić information content (AvgIpc) is 2.80. The van der Waals surface area contributed by atoms with Crippen molar-refractivity contribution in [3.05, 3.63) is 46.5 Å². The summed E-state index contributed by atoms with van der Waals surface area (Å²) < 4.78 is 0. The zero-order chi connectivity index (χ0) is 12.1. The van der Waals surface area contributed by atoms with Crippen LogP contribution in [0.25, 0.3) is 0 Å². The maximum absolute atomic E-state index is 5.55. The molecule has 0 bridgehead atoms. The minimum Gasteiger partial charge on any atom is -0.361 e. The number of nitrogens with one attached hydrogen (secondary N) is 1. The molecule has 3 N–H and O–H groups in total. The molecule has 0 unspecified atom stereocenters. The van der Waals surface area contributed by atoms with E-state index in [1.54, 1.807) is 11.3 Å². The van der Waals surface area contributed by atoms with Gasteiger partial charge in [0.15, 0.2) is 5.13 Å². The lowest BCUT2D eigenvalue weighted by molar-refractivity contribution is 1.00. The minimum atomic E-state index is 0.567. The Kier molecular flexibility index (Phi) is 4.12. The van der Waals surface area contributed by atoms with E-state index in [0.717, 1.165) is 23.0 Å². The van der Waals surface area contributed by atoms with Gasteiger partial charge in [-0.25, -0.2) is 4.98 Å². The number of thiazole rings is 1. The molecule has 0 spiro atoms. The van der Waals surface area contributed by atoms with E-state index in [2.05, 4.69) is 41.5 Å². The highest BCUT2D eigenvalue weighted by atomic mass is 32.1. The molecular weight excluding hydrogens is 230 g/mol. The van der Waals surface area contributed by atoms with Crippen LogP contribution in [0.15, 0.2) is 30.5 Å². The second-order valence-electron chi connectivity index (χ2n) is 3.94. The first-order valence-corrected chi connectivity index (χ1v) is 6.54. The van der Waals surface area contributed by atoms with Gasteiger partial charge in [-0.05, 0) is 24.5 Å². The zero-order valence-corrected chi connectivity index (χ0v) is 10.8. The topological polar surface area (TPSA) is 50.9 Å². The maximum Gasteiger partial charge on any atom is 0.182 e. The second-order valence-corrected chi connectivity index (χ2v) is 5.05. The summed E-state index contributed by atoms with van der Waals surface area (Å²) in [6.45, 7) is 3.62. The first kappa shape index (κ1) is 12.1. The number of anilines is 1. The van der Waals surface area contributed by atoms with Gasteiger partial charge in [0.2, 0.25) is 0 Å². The maximum atomic E-state index is 5.55. The molecule has 0 radical (unpaired) electrons. The number of aryl methyl sites for hydroxylation is 1. The van der Waals surface area contributed by atoms with Crippen LogP contribution in [-0.2, 0) is 13.0 Å². The van der Waals surface area contributed by atoms with Crippen molar-refractivity contribution in [2.75, 3.05) is 11.9 Å². The van der Waals surface area contributed by atoms with Crippen molar-refractivity contribution in [2.24, 2.45) is 5.73 Å². The molecule has 3 nitrogen and oxygen atoms in total. The van der Waals surface area contributed by atoms with Gasteiger partial charge in [-0.15, -0.1) is 11.3 Å². The van der Waals surface area contributed by atoms with Gasteiger partial charge in [-0.3, -0.25) is 0 Å². The normalized spacial score (nSPS) is 10.5. The van der Waals surface area contributed by atoms with Crippen molar-refractivity contribution in [2.45, 2.75) is 19.9 Å². The Morgan fingerprint density at radius 1 is 1.35 bits per heavy atom. The monoisotopic (exact) mass is 247 g/mol. The number of benzene rings is 1. The van der Waals surface area contributed by atoms with Crippen LogP contribution in [0.4, 0.5) is 5.13 Å². The lowest BCUT2D eigenvalue weighted by Crippen LogP contribution is -2.05. The summed E-state index contributed by atoms with van der Waals surface area (Å²) in [5.41, 5.74) is 8.27. The second kappa shape index (κ2) is 5.80. The summed E-state index contributed by atoms with van der Waals surface area (Å²) in [5, 5.41) is 4.28. The van der Waals surface area contributed by atoms with Crippen molar-refractivity contribution in [1.29, 1.82) is 0 Å². The predicted molar refractivity (Wildman–Crippen MR) is 73.4 cm³/mol. The van der Waals surface area contributed by atoms with E-state index in [-0.39, 0.29) is 0 Å². The Balaban J connectivity index is 1.85. The van der Waals surface area contributed by atoms with Crippen LogP contribution in [-0.4, -0.2) is 11.5 Å². The van der Waals surface area contributed by atoms with E-state index in [4.69, 9.17) is 5.73 Å². The van der Waals surface area contributed by atoms with E-state index in [0.29, 0.717) is 6.54 Å². The van der Waals surface area contributed by atoms with Gasteiger partial charge in [0.1, 0.15) is 0 Å². The predicted octanol–water partition coefficient (Wildman–Crippen LogP) is 2.56. The third kappa shape index (κ3) is 3.28. The number of nitrogens with two attached hydrogens (primary N) is 1. The Labute approximate surface area is 106 Å². The highest BCUT2D eigenvalue weighted by Gasteiger charge is 2.00. The number of hydrogen-bond donors (Lipinski definition) is 2. The van der Waals surface area contributed by atoms with Crippen LogP contribution in [0.5, 0.6) is 0 Å². The molecule has 0 saturated carbocycles. The van der Waals surface area contributed by atoms with Gasteiger partial charge in [0, 0.05) is 24.2 Å². The van der Waals surface area contributed by atoms with Gasteiger partial charge < -0.3 is 11.1 Å². The first-order valence-electron chi connectivity index (χ1n) is 5.72. The standard InChI is InChI=1S/C13H17N3S/c1-10-4-2-3-5-11(10)6-7-15-13-16-9-12(8-14)17-13/h2-5,9H,6-8,14H2,1H3,(H,15,16). The van der Waals surface area contributed by atoms with Crippen molar-refractivity contribution >= 4 is 16.5 Å². The molecule has 2 rings (SSSR count). The van der Waals surface area contributed by atoms with Gasteiger partial charge in [-0.2, -0.15) is 0 Å². The third-order valence-corrected chi connectivity index (χ3v) is 3.66. The molecule has 1 aromatic carbocycles. The van der Waals surface area contributed by atoms with Gasteiger partial charge >= 0.3 is 0 Å². The fourth-order valence-electron chi connectivity index (χ4n) is 1.68. The van der Waals surface area contributed by atoms with Crippen LogP contribution >= 0.6 is 11.3 Å². The molecule has 1 heterocycles. The highest BCUT2D eigenvalue weighted by Crippen LogP contribution is 2.17. The van der Waals surface area contributed by atoms with E-state index in [1.807, 2.05) is 6.20 Å². The van der Waals surface area contributed by atoms with Crippen molar-refractivity contribution in [1.82, 2.24) is 4.98 Å². The quantitative estimate of drug-likeness (QED) is 0.853. The van der Waals surface area contributed by atoms with Crippen LogP contribution < -0.4 is 11.1 Å². The van der Waals surface area contributed by atoms with Gasteiger partial charge in [0.25, 0.3) is 0 Å². The Morgan fingerprint density at radius 2 is 2.18 bits per heavy atom. The Morgan fingerprint density at radius 3 is 2.88 bits per heavy atom. The SMILES string of the molecule is Cc1ccccc1CCNc1ncc(CN)s1. The molecule has 0 aliphatic carbocycles. The van der Waals surface area contributed by atoms with Crippen LogP contribution in [0.1, 0.15) is 16.0 Å². The summed E-state index contributed by atoms with van der Waals surface area (Å²) in [5.74, 6) is 0. The van der Waals surface area contributed by atoms with E-state index < -0.39 is 0 Å². The van der Waals surface area contributed by atoms with Crippen LogP contribution in [0, 0.1) is 6.92 Å². The molecular formula is C13H17N3S. The summed E-state index contributed by atoms with van der Waals surface area (Å²) in [7, 11) is 0. The number of aromatic nitrogens is 1. The molecule has 2 aromatic rings. The molecule has 90 valence electrons. The van der Waals surface area contributed by atoms with E-state index >= 15 is 0 Å². The molecule has 0 fully saturated rings. The lowest BCUT2D eigenvalue weighted by atomic mass is 10.1. The van der Waals surface area contributed by atoms with Crippen molar-refractivity contribution in [3.63, 3.8) is 0 Å². The smallest absolute Gasteiger partial charge is 0.182 e. The molecule has 0 aliphatic heterocycles. The van der Waals surface area contributed by atoms with Gasteiger partial charge in [0.05, 0.1) is 0 Å². The molecule has 1 aromatic heterocycles. The molecule has 0 aliphatic rings. The summed E-state index contributed by atoms with van der Waals surface area (Å²) >= 11 is 1.62. The molecule has 0 atom stereocenters.